The van der Waals surface area contributed by atoms with Crippen molar-refractivity contribution in [2.75, 3.05) is 12.3 Å². The van der Waals surface area contributed by atoms with E-state index in [0.717, 1.165) is 52.0 Å². The number of unbranched alkanes of at least 4 members (excludes halogenated alkanes) is 1. The first-order valence-corrected chi connectivity index (χ1v) is 13.5. The Labute approximate surface area is 229 Å². The average molecular weight is 540 g/mol. The number of aryl methyl sites for hydroxylation is 1. The highest BCUT2D eigenvalue weighted by Crippen LogP contribution is 2.36. The molecule has 0 aliphatic heterocycles. The smallest absolute Gasteiger partial charge is 0.247 e. The Morgan fingerprint density at radius 1 is 0.974 bits per heavy atom. The molecule has 1 amide bonds. The van der Waals surface area contributed by atoms with Crippen LogP contribution in [0.4, 0.5) is 5.82 Å². The summed E-state index contributed by atoms with van der Waals surface area (Å²) in [6.07, 6.45) is 3.34. The lowest BCUT2D eigenvalue weighted by Crippen LogP contribution is -2.20. The molecule has 5 aromatic rings. The number of pyridine rings is 1. The van der Waals surface area contributed by atoms with Gasteiger partial charge in [-0.15, -0.1) is 11.3 Å². The number of anilines is 1. The van der Waals surface area contributed by atoms with Gasteiger partial charge in [0.1, 0.15) is 5.82 Å². The first-order valence-electron chi connectivity index (χ1n) is 12.7. The van der Waals surface area contributed by atoms with Gasteiger partial charge in [-0.25, -0.2) is 10.5 Å². The average Bonchev–Trinajstić information content (AvgIpc) is 3.54. The minimum atomic E-state index is -0.569. The predicted octanol–water partition coefficient (Wildman–Crippen LogP) is 5.03. The van der Waals surface area contributed by atoms with E-state index in [1.54, 1.807) is 29.9 Å². The van der Waals surface area contributed by atoms with Crippen LogP contribution in [0.15, 0.2) is 79.0 Å². The first-order chi connectivity index (χ1) is 19.0. The van der Waals surface area contributed by atoms with Crippen LogP contribution in [0.1, 0.15) is 33.6 Å². The van der Waals surface area contributed by atoms with E-state index in [2.05, 4.69) is 27.8 Å². The van der Waals surface area contributed by atoms with E-state index in [4.69, 9.17) is 16.7 Å². The standard InChI is InChI=1S/C30H29N5O3S/c31-11-4-5-13-35-24(19-6-2-1-3-7-19)14-20-8-9-21(15-25(20)35)29(37)26-16-23(18-28(36)34-38)30(39-26)22-10-12-33-27(32)17-22/h1-3,6-10,12,14-17,38H,4-5,11,13,18,31H2,(H2,32,33)(H,34,36). The Balaban J connectivity index is 1.56. The highest BCUT2D eigenvalue weighted by atomic mass is 32.1. The van der Waals surface area contributed by atoms with Crippen molar-refractivity contribution >= 4 is 39.7 Å². The van der Waals surface area contributed by atoms with Crippen LogP contribution in [0, 0.1) is 0 Å². The fourth-order valence-corrected chi connectivity index (χ4v) is 5.90. The summed E-state index contributed by atoms with van der Waals surface area (Å²) < 4.78 is 2.26. The van der Waals surface area contributed by atoms with E-state index >= 15 is 0 Å². The normalized spacial score (nSPS) is 11.1. The minimum absolute atomic E-state index is 0.0820. The molecule has 198 valence electrons. The number of thiophene rings is 1. The zero-order chi connectivity index (χ0) is 27.4. The summed E-state index contributed by atoms with van der Waals surface area (Å²) >= 11 is 1.29. The Kier molecular flexibility index (Phi) is 7.83. The number of ketones is 1. The highest BCUT2D eigenvalue weighted by molar-refractivity contribution is 7.17. The number of hydroxylamine groups is 1. The number of fused-ring (bicyclic) bond motifs is 1. The molecule has 0 fully saturated rings. The number of carbonyl (C=O) groups is 2. The number of aromatic nitrogens is 2. The van der Waals surface area contributed by atoms with Gasteiger partial charge < -0.3 is 16.0 Å². The van der Waals surface area contributed by atoms with Gasteiger partial charge in [0.2, 0.25) is 11.7 Å². The predicted molar refractivity (Wildman–Crippen MR) is 155 cm³/mol. The van der Waals surface area contributed by atoms with E-state index in [9.17, 15) is 9.59 Å². The van der Waals surface area contributed by atoms with E-state index < -0.39 is 5.91 Å². The number of nitrogens with one attached hydrogen (secondary N) is 1. The third kappa shape index (κ3) is 5.61. The number of amides is 1. The summed E-state index contributed by atoms with van der Waals surface area (Å²) in [6, 6.07) is 23.3. The monoisotopic (exact) mass is 539 g/mol. The molecular formula is C30H29N5O3S. The molecule has 2 aromatic carbocycles. The summed E-state index contributed by atoms with van der Waals surface area (Å²) in [4.78, 5) is 31.0. The van der Waals surface area contributed by atoms with Crippen molar-refractivity contribution in [1.82, 2.24) is 15.0 Å². The second kappa shape index (κ2) is 11.6. The van der Waals surface area contributed by atoms with Crippen LogP contribution in [0.2, 0.25) is 0 Å². The summed E-state index contributed by atoms with van der Waals surface area (Å²) in [7, 11) is 0. The maximum atomic E-state index is 13.8. The number of rotatable bonds is 10. The van der Waals surface area contributed by atoms with Gasteiger partial charge in [0.05, 0.1) is 11.3 Å². The Morgan fingerprint density at radius 3 is 2.54 bits per heavy atom. The van der Waals surface area contributed by atoms with E-state index in [-0.39, 0.29) is 12.2 Å². The molecule has 0 unspecified atom stereocenters. The molecule has 0 aliphatic carbocycles. The van der Waals surface area contributed by atoms with Gasteiger partial charge in [0, 0.05) is 39.8 Å². The van der Waals surface area contributed by atoms with Gasteiger partial charge in [-0.3, -0.25) is 14.8 Å². The SMILES string of the molecule is NCCCCn1c(-c2ccccc2)cc2ccc(C(=O)c3cc(CC(=O)NO)c(-c4ccnc(N)c4)s3)cc21. The zero-order valence-electron chi connectivity index (χ0n) is 21.3. The quantitative estimate of drug-likeness (QED) is 0.0850. The molecule has 39 heavy (non-hydrogen) atoms. The second-order valence-corrected chi connectivity index (χ2v) is 10.3. The molecule has 3 heterocycles. The molecule has 0 saturated carbocycles. The van der Waals surface area contributed by atoms with Crippen LogP contribution in [-0.4, -0.2) is 33.0 Å². The molecule has 6 N–H and O–H groups in total. The topological polar surface area (TPSA) is 136 Å². The number of carbonyl (C=O) groups excluding carboxylic acids is 2. The molecule has 0 bridgehead atoms. The van der Waals surface area contributed by atoms with E-state index in [1.807, 2.05) is 36.4 Å². The largest absolute Gasteiger partial charge is 0.384 e. The van der Waals surface area contributed by atoms with Crippen LogP contribution in [0.3, 0.4) is 0 Å². The first kappa shape index (κ1) is 26.3. The third-order valence-electron chi connectivity index (χ3n) is 6.62. The Bertz CT molecular complexity index is 1640. The van der Waals surface area contributed by atoms with Crippen molar-refractivity contribution in [1.29, 1.82) is 0 Å². The van der Waals surface area contributed by atoms with E-state index in [1.165, 1.54) is 11.3 Å². The van der Waals surface area contributed by atoms with Crippen molar-refractivity contribution in [3.05, 3.63) is 95.0 Å². The van der Waals surface area contributed by atoms with Crippen LogP contribution in [0.25, 0.3) is 32.6 Å². The lowest BCUT2D eigenvalue weighted by atomic mass is 10.0. The lowest BCUT2D eigenvalue weighted by Gasteiger charge is -2.11. The molecule has 0 aliphatic rings. The lowest BCUT2D eigenvalue weighted by molar-refractivity contribution is -0.128. The molecule has 0 atom stereocenters. The number of benzene rings is 2. The molecule has 0 spiro atoms. The highest BCUT2D eigenvalue weighted by Gasteiger charge is 2.21. The molecule has 0 radical (unpaired) electrons. The van der Waals surface area contributed by atoms with Crippen molar-refractivity contribution in [2.24, 2.45) is 5.73 Å². The number of hydrogen-bond donors (Lipinski definition) is 4. The van der Waals surface area contributed by atoms with E-state index in [0.29, 0.717) is 28.4 Å². The van der Waals surface area contributed by atoms with Crippen molar-refractivity contribution in [3.8, 4) is 21.7 Å². The molecule has 9 heteroatoms. The number of nitrogens with two attached hydrogens (primary N) is 2. The van der Waals surface area contributed by atoms with Gasteiger partial charge in [-0.2, -0.15) is 0 Å². The maximum Gasteiger partial charge on any atom is 0.247 e. The number of nitrogens with zero attached hydrogens (tertiary/aromatic N) is 2. The summed E-state index contributed by atoms with van der Waals surface area (Å²) in [5.74, 6) is -0.376. The zero-order valence-corrected chi connectivity index (χ0v) is 22.1. The molecule has 5 rings (SSSR count). The van der Waals surface area contributed by atoms with Crippen molar-refractivity contribution in [2.45, 2.75) is 25.8 Å². The van der Waals surface area contributed by atoms with Crippen molar-refractivity contribution < 1.29 is 14.8 Å². The Hall–Kier alpha value is -4.31. The van der Waals surface area contributed by atoms with Crippen LogP contribution in [0.5, 0.6) is 0 Å². The minimum Gasteiger partial charge on any atom is -0.384 e. The third-order valence-corrected chi connectivity index (χ3v) is 7.85. The van der Waals surface area contributed by atoms with Gasteiger partial charge in [-0.1, -0.05) is 42.5 Å². The van der Waals surface area contributed by atoms with Gasteiger partial charge in [0.15, 0.2) is 0 Å². The van der Waals surface area contributed by atoms with Gasteiger partial charge in [-0.05, 0) is 66.4 Å². The summed E-state index contributed by atoms with van der Waals surface area (Å²) in [5.41, 5.74) is 18.4. The number of hydrogen-bond acceptors (Lipinski definition) is 7. The summed E-state index contributed by atoms with van der Waals surface area (Å²) in [5, 5.41) is 10.1. The fraction of sp³-hybridized carbons (Fsp3) is 0.167. The van der Waals surface area contributed by atoms with Crippen molar-refractivity contribution in [3.63, 3.8) is 0 Å². The van der Waals surface area contributed by atoms with Gasteiger partial charge >= 0.3 is 0 Å². The second-order valence-electron chi connectivity index (χ2n) is 9.29. The molecule has 3 aromatic heterocycles. The van der Waals surface area contributed by atoms with Crippen LogP contribution >= 0.6 is 11.3 Å². The summed E-state index contributed by atoms with van der Waals surface area (Å²) in [6.45, 7) is 1.42. The molecule has 0 saturated heterocycles. The van der Waals surface area contributed by atoms with Gasteiger partial charge in [0.25, 0.3) is 0 Å². The molecule has 8 nitrogen and oxygen atoms in total. The van der Waals surface area contributed by atoms with Crippen LogP contribution in [-0.2, 0) is 17.8 Å². The maximum absolute atomic E-state index is 13.8. The molecular weight excluding hydrogens is 510 g/mol. The fourth-order valence-electron chi connectivity index (χ4n) is 4.76. The Morgan fingerprint density at radius 2 is 1.79 bits per heavy atom. The van der Waals surface area contributed by atoms with Crippen LogP contribution < -0.4 is 16.9 Å². The number of nitrogen functional groups attached to an aromatic ring is 1.